The highest BCUT2D eigenvalue weighted by molar-refractivity contribution is 7.26. The van der Waals surface area contributed by atoms with E-state index in [1.165, 1.54) is 81.1 Å². The zero-order chi connectivity index (χ0) is 30.5. The highest BCUT2D eigenvalue weighted by Gasteiger charge is 2.20. The minimum Gasteiger partial charge on any atom is -0.314 e. The normalized spacial score (nSPS) is 13.3. The smallest absolute Gasteiger partial charge is 0.0458 e. The molecule has 0 unspecified atom stereocenters. The molecule has 0 saturated heterocycles. The fourth-order valence-electron chi connectivity index (χ4n) is 7.18. The fourth-order valence-corrected chi connectivity index (χ4v) is 8.42. The summed E-state index contributed by atoms with van der Waals surface area (Å²) in [6, 6.07) is 55.3. The Hall–Kier alpha value is -5.44. The highest BCUT2D eigenvalue weighted by atomic mass is 32.1. The first kappa shape index (κ1) is 26.9. The number of hydrogen-bond acceptors (Lipinski definition) is 2. The van der Waals surface area contributed by atoms with E-state index in [0.29, 0.717) is 0 Å². The maximum atomic E-state index is 2.43. The summed E-state index contributed by atoms with van der Waals surface area (Å²) in [5.74, 6) is 0. The number of hydrogen-bond donors (Lipinski definition) is 0. The van der Waals surface area contributed by atoms with Gasteiger partial charge in [0.25, 0.3) is 0 Å². The summed E-state index contributed by atoms with van der Waals surface area (Å²) < 4.78 is 2.69. The highest BCUT2D eigenvalue weighted by Crippen LogP contribution is 2.42. The predicted octanol–water partition coefficient (Wildman–Crippen LogP) is 12.9. The van der Waals surface area contributed by atoms with Gasteiger partial charge in [-0.15, -0.1) is 11.3 Å². The van der Waals surface area contributed by atoms with Gasteiger partial charge in [0.15, 0.2) is 0 Å². The predicted molar refractivity (Wildman–Crippen MR) is 200 cm³/mol. The van der Waals surface area contributed by atoms with Gasteiger partial charge in [-0.1, -0.05) is 121 Å². The van der Waals surface area contributed by atoms with Crippen molar-refractivity contribution in [2.24, 2.45) is 0 Å². The van der Waals surface area contributed by atoms with Crippen LogP contribution in [0.4, 0.5) is 11.4 Å². The molecular formula is C44H31NS. The van der Waals surface area contributed by atoms with Gasteiger partial charge in [-0.25, -0.2) is 0 Å². The van der Waals surface area contributed by atoms with Crippen LogP contribution >= 0.6 is 11.3 Å². The maximum Gasteiger partial charge on any atom is 0.0458 e. The first-order chi connectivity index (χ1) is 22.8. The van der Waals surface area contributed by atoms with Crippen LogP contribution in [0.3, 0.4) is 0 Å². The molecule has 9 rings (SSSR count). The number of rotatable bonds is 5. The molecule has 2 heteroatoms. The van der Waals surface area contributed by atoms with Crippen LogP contribution in [-0.2, 0) is 0 Å². The van der Waals surface area contributed by atoms with Crippen LogP contribution in [0.15, 0.2) is 170 Å². The van der Waals surface area contributed by atoms with E-state index in [1.807, 2.05) is 11.3 Å². The molecule has 0 radical (unpaired) electrons. The van der Waals surface area contributed by atoms with Crippen molar-refractivity contribution in [3.05, 3.63) is 175 Å². The first-order valence-corrected chi connectivity index (χ1v) is 16.8. The Morgan fingerprint density at radius 1 is 0.457 bits per heavy atom. The number of para-hydroxylation sites is 1. The number of thiophene rings is 1. The van der Waals surface area contributed by atoms with Crippen molar-refractivity contribution in [2.75, 3.05) is 4.90 Å². The summed E-state index contributed by atoms with van der Waals surface area (Å²) >= 11 is 1.89. The van der Waals surface area contributed by atoms with Gasteiger partial charge < -0.3 is 4.90 Å². The van der Waals surface area contributed by atoms with Gasteiger partial charge in [-0.2, -0.15) is 0 Å². The second-order valence-electron chi connectivity index (χ2n) is 12.0. The van der Waals surface area contributed by atoms with Crippen molar-refractivity contribution in [1.82, 2.24) is 0 Å². The molecule has 0 spiro atoms. The molecule has 46 heavy (non-hydrogen) atoms. The van der Waals surface area contributed by atoms with Crippen molar-refractivity contribution in [2.45, 2.75) is 12.8 Å². The van der Waals surface area contributed by atoms with E-state index < -0.39 is 0 Å². The van der Waals surface area contributed by atoms with Gasteiger partial charge in [0.1, 0.15) is 0 Å². The lowest BCUT2D eigenvalue weighted by Crippen LogP contribution is -2.17. The number of nitrogens with zero attached hydrogens (tertiary/aromatic N) is 1. The van der Waals surface area contributed by atoms with Gasteiger partial charge in [-0.05, 0) is 99.1 Å². The van der Waals surface area contributed by atoms with Crippen LogP contribution in [0, 0.1) is 0 Å². The molecule has 1 aromatic heterocycles. The lowest BCUT2D eigenvalue weighted by atomic mass is 9.89. The Morgan fingerprint density at radius 3 is 1.93 bits per heavy atom. The quantitative estimate of drug-likeness (QED) is 0.176. The van der Waals surface area contributed by atoms with Crippen molar-refractivity contribution in [3.8, 4) is 11.1 Å². The summed E-state index contributed by atoms with van der Waals surface area (Å²) in [6.45, 7) is 0. The SMILES string of the molecule is C1=C(c2cc3ccccc3c3ccccc23)CCC(N(c2ccccc2)c2ccc(-c3cccc4c3sc3ccccc34)cc2)=C1. The minimum absolute atomic E-state index is 0.963. The largest absolute Gasteiger partial charge is 0.314 e. The summed E-state index contributed by atoms with van der Waals surface area (Å²) in [7, 11) is 0. The molecule has 0 bridgehead atoms. The Balaban J connectivity index is 1.11. The van der Waals surface area contributed by atoms with Crippen molar-refractivity contribution in [3.63, 3.8) is 0 Å². The number of benzene rings is 7. The molecule has 7 aromatic carbocycles. The number of allylic oxidation sites excluding steroid dienone is 4. The van der Waals surface area contributed by atoms with E-state index in [9.17, 15) is 0 Å². The second kappa shape index (κ2) is 11.2. The Morgan fingerprint density at radius 2 is 1.13 bits per heavy atom. The maximum absolute atomic E-state index is 2.43. The molecule has 8 aromatic rings. The third-order valence-electron chi connectivity index (χ3n) is 9.38. The van der Waals surface area contributed by atoms with Crippen LogP contribution in [0.25, 0.3) is 58.4 Å². The molecule has 0 amide bonds. The Kier molecular flexibility index (Phi) is 6.54. The number of anilines is 2. The molecule has 0 saturated carbocycles. The second-order valence-corrected chi connectivity index (χ2v) is 13.1. The lowest BCUT2D eigenvalue weighted by molar-refractivity contribution is 0.931. The van der Waals surface area contributed by atoms with E-state index in [4.69, 9.17) is 0 Å². The Labute approximate surface area is 273 Å². The molecule has 1 heterocycles. The minimum atomic E-state index is 0.963. The summed E-state index contributed by atoms with van der Waals surface area (Å²) in [6.07, 6.45) is 6.64. The molecule has 218 valence electrons. The topological polar surface area (TPSA) is 3.24 Å². The molecule has 0 aliphatic heterocycles. The molecule has 1 aliphatic carbocycles. The van der Waals surface area contributed by atoms with Crippen LogP contribution in [-0.4, -0.2) is 0 Å². The molecule has 0 atom stereocenters. The molecule has 1 aliphatic rings. The average molecular weight is 606 g/mol. The molecular weight excluding hydrogens is 575 g/mol. The average Bonchev–Trinajstić information content (AvgIpc) is 3.52. The van der Waals surface area contributed by atoms with Gasteiger partial charge in [-0.3, -0.25) is 0 Å². The monoisotopic (exact) mass is 605 g/mol. The standard InChI is InChI=1S/C44H31NS/c1-2-12-33(13-3-1)45(34-25-21-30(22-26-34)37-18-10-19-41-40-17-8-9-20-43(40)46-44(37)41)35-27-23-31(24-28-35)42-29-32-11-4-5-14-36(32)38-15-6-7-16-39(38)42/h1-23,25-27,29H,24,28H2. The van der Waals surface area contributed by atoms with Gasteiger partial charge >= 0.3 is 0 Å². The third-order valence-corrected chi connectivity index (χ3v) is 10.6. The zero-order valence-corrected chi connectivity index (χ0v) is 26.2. The Bertz CT molecular complexity index is 2460. The van der Waals surface area contributed by atoms with Crippen molar-refractivity contribution >= 4 is 70.0 Å². The summed E-state index contributed by atoms with van der Waals surface area (Å²) in [5.41, 5.74) is 8.94. The summed E-state index contributed by atoms with van der Waals surface area (Å²) in [4.78, 5) is 2.43. The van der Waals surface area contributed by atoms with Gasteiger partial charge in [0, 0.05) is 37.2 Å². The molecule has 0 N–H and O–H groups in total. The van der Waals surface area contributed by atoms with E-state index in [0.717, 1.165) is 12.8 Å². The van der Waals surface area contributed by atoms with Crippen LogP contribution < -0.4 is 4.90 Å². The van der Waals surface area contributed by atoms with Crippen LogP contribution in [0.5, 0.6) is 0 Å². The van der Waals surface area contributed by atoms with Crippen LogP contribution in [0.1, 0.15) is 18.4 Å². The summed E-state index contributed by atoms with van der Waals surface area (Å²) in [5, 5.41) is 7.94. The van der Waals surface area contributed by atoms with E-state index in [1.54, 1.807) is 0 Å². The first-order valence-electron chi connectivity index (χ1n) is 16.0. The van der Waals surface area contributed by atoms with E-state index in [2.05, 4.69) is 169 Å². The fraction of sp³-hybridized carbons (Fsp3) is 0.0455. The lowest BCUT2D eigenvalue weighted by Gasteiger charge is -2.30. The zero-order valence-electron chi connectivity index (χ0n) is 25.4. The molecule has 0 fully saturated rings. The van der Waals surface area contributed by atoms with Crippen molar-refractivity contribution in [1.29, 1.82) is 0 Å². The van der Waals surface area contributed by atoms with E-state index >= 15 is 0 Å². The van der Waals surface area contributed by atoms with E-state index in [-0.39, 0.29) is 0 Å². The molecule has 1 nitrogen and oxygen atoms in total. The van der Waals surface area contributed by atoms with Gasteiger partial charge in [0.2, 0.25) is 0 Å². The third kappa shape index (κ3) is 4.53. The van der Waals surface area contributed by atoms with Crippen LogP contribution in [0.2, 0.25) is 0 Å². The number of fused-ring (bicyclic) bond motifs is 6. The van der Waals surface area contributed by atoms with Crippen molar-refractivity contribution < 1.29 is 0 Å². The van der Waals surface area contributed by atoms with Gasteiger partial charge in [0.05, 0.1) is 0 Å².